The fourth-order valence-corrected chi connectivity index (χ4v) is 6.09. The number of nitrogens with one attached hydrogen (secondary N) is 4. The maximum absolute atomic E-state index is 14.2. The van der Waals surface area contributed by atoms with Gasteiger partial charge in [0.05, 0.1) is 12.5 Å². The Morgan fingerprint density at radius 1 is 1.02 bits per heavy atom. The molecular formula is C34H43N5O7. The highest BCUT2D eigenvalue weighted by atomic mass is 16.4. The molecule has 0 bridgehead atoms. The summed E-state index contributed by atoms with van der Waals surface area (Å²) in [5.41, 5.74) is 4.30. The van der Waals surface area contributed by atoms with Crippen LogP contribution in [-0.2, 0) is 41.6 Å². The van der Waals surface area contributed by atoms with Gasteiger partial charge >= 0.3 is 5.97 Å². The van der Waals surface area contributed by atoms with E-state index in [2.05, 4.69) is 21.3 Å². The summed E-state index contributed by atoms with van der Waals surface area (Å²) < 4.78 is 0. The fourth-order valence-electron chi connectivity index (χ4n) is 6.09. The SMILES string of the molecule is CCC[C@H](NC(=O)C1Cc2ccccc2N1)C(=O)N[C@H](C(=O)N1CCc2cc(C)ccc2[C@H]1C(=O)N[C@H](C=O)CC(=O)O)C(C)C. The molecular weight excluding hydrogens is 590 g/mol. The predicted octanol–water partition coefficient (Wildman–Crippen LogP) is 2.04. The highest BCUT2D eigenvalue weighted by Crippen LogP contribution is 2.32. The summed E-state index contributed by atoms with van der Waals surface area (Å²) in [6.07, 6.45) is 1.67. The van der Waals surface area contributed by atoms with Crippen molar-refractivity contribution in [3.8, 4) is 0 Å². The number of hydrogen-bond acceptors (Lipinski definition) is 7. The highest BCUT2D eigenvalue weighted by Gasteiger charge is 2.41. The number of carbonyl (C=O) groups is 6. The summed E-state index contributed by atoms with van der Waals surface area (Å²) in [6, 6.07) is 8.28. The summed E-state index contributed by atoms with van der Waals surface area (Å²) in [5, 5.41) is 20.6. The molecule has 4 amide bonds. The van der Waals surface area contributed by atoms with Crippen LogP contribution in [0.3, 0.4) is 0 Å². The Balaban J connectivity index is 1.54. The highest BCUT2D eigenvalue weighted by molar-refractivity contribution is 5.97. The molecule has 2 aliphatic rings. The lowest BCUT2D eigenvalue weighted by Crippen LogP contribution is -2.59. The molecule has 2 aliphatic heterocycles. The lowest BCUT2D eigenvalue weighted by molar-refractivity contribution is -0.146. The molecule has 5 atom stereocenters. The minimum Gasteiger partial charge on any atom is -0.481 e. The molecule has 0 saturated carbocycles. The van der Waals surface area contributed by atoms with Crippen LogP contribution in [0.4, 0.5) is 5.69 Å². The zero-order chi connectivity index (χ0) is 33.5. The number of benzene rings is 2. The van der Waals surface area contributed by atoms with Gasteiger partial charge in [0.25, 0.3) is 0 Å². The number of carboxylic acid groups (broad SMARTS) is 1. The summed E-state index contributed by atoms with van der Waals surface area (Å²) in [4.78, 5) is 78.9. The zero-order valence-electron chi connectivity index (χ0n) is 26.7. The van der Waals surface area contributed by atoms with Gasteiger partial charge in [0.2, 0.25) is 23.6 Å². The van der Waals surface area contributed by atoms with Gasteiger partial charge in [0.1, 0.15) is 30.5 Å². The largest absolute Gasteiger partial charge is 0.481 e. The number of hydrogen-bond donors (Lipinski definition) is 5. The molecule has 0 spiro atoms. The van der Waals surface area contributed by atoms with Crippen LogP contribution in [-0.4, -0.2) is 76.6 Å². The quantitative estimate of drug-likeness (QED) is 0.208. The van der Waals surface area contributed by atoms with E-state index in [1.54, 1.807) is 19.9 Å². The van der Waals surface area contributed by atoms with Crippen molar-refractivity contribution < 1.29 is 33.9 Å². The molecule has 12 heteroatoms. The average molecular weight is 634 g/mol. The van der Waals surface area contributed by atoms with Gasteiger partial charge in [-0.1, -0.05) is 69.2 Å². The van der Waals surface area contributed by atoms with Crippen molar-refractivity contribution in [1.29, 1.82) is 0 Å². The van der Waals surface area contributed by atoms with Crippen LogP contribution in [0.5, 0.6) is 0 Å². The first kappa shape index (κ1) is 34.1. The first-order valence-corrected chi connectivity index (χ1v) is 15.8. The van der Waals surface area contributed by atoms with E-state index in [1.807, 2.05) is 50.2 Å². The summed E-state index contributed by atoms with van der Waals surface area (Å²) >= 11 is 0. The number of nitrogens with zero attached hydrogens (tertiary/aromatic N) is 1. The topological polar surface area (TPSA) is 174 Å². The second kappa shape index (κ2) is 15.0. The number of aryl methyl sites for hydroxylation is 1. The fraction of sp³-hybridized carbons (Fsp3) is 0.471. The zero-order valence-corrected chi connectivity index (χ0v) is 26.7. The molecule has 12 nitrogen and oxygen atoms in total. The van der Waals surface area contributed by atoms with Gasteiger partial charge < -0.3 is 36.1 Å². The number of aliphatic carboxylic acids is 1. The van der Waals surface area contributed by atoms with E-state index in [0.29, 0.717) is 37.5 Å². The third-order valence-corrected chi connectivity index (χ3v) is 8.47. The summed E-state index contributed by atoms with van der Waals surface area (Å²) in [7, 11) is 0. The number of para-hydroxylation sites is 1. The van der Waals surface area contributed by atoms with E-state index >= 15 is 0 Å². The molecule has 2 heterocycles. The van der Waals surface area contributed by atoms with E-state index in [4.69, 9.17) is 0 Å². The Morgan fingerprint density at radius 2 is 1.76 bits per heavy atom. The Morgan fingerprint density at radius 3 is 2.41 bits per heavy atom. The number of rotatable bonds is 13. The first-order chi connectivity index (χ1) is 21.9. The maximum Gasteiger partial charge on any atom is 0.305 e. The van der Waals surface area contributed by atoms with Gasteiger partial charge in [0.15, 0.2) is 0 Å². The molecule has 1 unspecified atom stereocenters. The monoisotopic (exact) mass is 633 g/mol. The second-order valence-corrected chi connectivity index (χ2v) is 12.4. The normalized spacial score (nSPS) is 18.7. The molecule has 0 fully saturated rings. The van der Waals surface area contributed by atoms with Crippen LogP contribution < -0.4 is 21.3 Å². The van der Waals surface area contributed by atoms with E-state index in [9.17, 15) is 33.9 Å². The van der Waals surface area contributed by atoms with E-state index < -0.39 is 60.3 Å². The number of amides is 4. The molecule has 0 saturated heterocycles. The lowest BCUT2D eigenvalue weighted by Gasteiger charge is -2.39. The Bertz CT molecular complexity index is 1470. The Labute approximate surface area is 268 Å². The van der Waals surface area contributed by atoms with Crippen molar-refractivity contribution in [1.82, 2.24) is 20.9 Å². The van der Waals surface area contributed by atoms with Crippen molar-refractivity contribution in [2.75, 3.05) is 11.9 Å². The van der Waals surface area contributed by atoms with Crippen LogP contribution >= 0.6 is 0 Å². The number of aldehydes is 1. The number of anilines is 1. The average Bonchev–Trinajstić information content (AvgIpc) is 3.46. The Hall–Kier alpha value is -4.74. The molecule has 5 N–H and O–H groups in total. The summed E-state index contributed by atoms with van der Waals surface area (Å²) in [6.45, 7) is 7.54. The third kappa shape index (κ3) is 7.91. The second-order valence-electron chi connectivity index (χ2n) is 12.4. The van der Waals surface area contributed by atoms with Crippen molar-refractivity contribution in [2.24, 2.45) is 5.92 Å². The first-order valence-electron chi connectivity index (χ1n) is 15.8. The van der Waals surface area contributed by atoms with Crippen molar-refractivity contribution in [3.63, 3.8) is 0 Å². The van der Waals surface area contributed by atoms with Gasteiger partial charge in [-0.2, -0.15) is 0 Å². The number of carboxylic acids is 1. The van der Waals surface area contributed by atoms with E-state index in [1.165, 1.54) is 4.90 Å². The van der Waals surface area contributed by atoms with Crippen LogP contribution in [0.25, 0.3) is 0 Å². The van der Waals surface area contributed by atoms with E-state index in [0.717, 1.165) is 22.4 Å². The minimum atomic E-state index is -1.28. The minimum absolute atomic E-state index is 0.167. The molecule has 246 valence electrons. The van der Waals surface area contributed by atoms with Crippen LogP contribution in [0, 0.1) is 12.8 Å². The Kier molecular flexibility index (Phi) is 11.2. The smallest absolute Gasteiger partial charge is 0.305 e. The van der Waals surface area contributed by atoms with Crippen molar-refractivity contribution in [2.45, 2.75) is 90.0 Å². The van der Waals surface area contributed by atoms with Crippen LogP contribution in [0.15, 0.2) is 42.5 Å². The van der Waals surface area contributed by atoms with Crippen LogP contribution in [0.1, 0.15) is 68.3 Å². The molecule has 0 radical (unpaired) electrons. The lowest BCUT2D eigenvalue weighted by atomic mass is 9.89. The summed E-state index contributed by atoms with van der Waals surface area (Å²) in [5.74, 6) is -3.64. The molecule has 2 aromatic carbocycles. The van der Waals surface area contributed by atoms with Gasteiger partial charge in [-0.3, -0.25) is 24.0 Å². The van der Waals surface area contributed by atoms with E-state index in [-0.39, 0.29) is 18.4 Å². The standard InChI is InChI=1S/C34H43N5O7/c1-5-8-26(37-32(44)27-16-22-9-6-7-10-25(22)36-27)31(43)38-29(19(2)3)34(46)39-14-13-21-15-20(4)11-12-24(21)30(39)33(45)35-23(18-40)17-28(41)42/h6-7,9-12,15,18-19,23,26-27,29-30,36H,5,8,13-14,16-17H2,1-4H3,(H,35,45)(H,37,44)(H,38,43)(H,41,42)/t23-,26-,27?,29-,30-/m0/s1. The maximum atomic E-state index is 14.2. The van der Waals surface area contributed by atoms with Crippen molar-refractivity contribution in [3.05, 3.63) is 64.7 Å². The van der Waals surface area contributed by atoms with Gasteiger partial charge in [-0.25, -0.2) is 0 Å². The van der Waals surface area contributed by atoms with Gasteiger partial charge in [-0.05, 0) is 48.4 Å². The van der Waals surface area contributed by atoms with Crippen molar-refractivity contribution >= 4 is 41.6 Å². The van der Waals surface area contributed by atoms with Crippen LogP contribution in [0.2, 0.25) is 0 Å². The third-order valence-electron chi connectivity index (χ3n) is 8.47. The van der Waals surface area contributed by atoms with Gasteiger partial charge in [0, 0.05) is 18.7 Å². The number of carbonyl (C=O) groups excluding carboxylic acids is 5. The predicted molar refractivity (Wildman–Crippen MR) is 171 cm³/mol. The molecule has 46 heavy (non-hydrogen) atoms. The molecule has 4 rings (SSSR count). The van der Waals surface area contributed by atoms with Gasteiger partial charge in [-0.15, -0.1) is 0 Å². The number of fused-ring (bicyclic) bond motifs is 2. The molecule has 0 aromatic heterocycles. The molecule has 2 aromatic rings. The molecule has 0 aliphatic carbocycles.